The second-order valence-electron chi connectivity index (χ2n) is 6.03. The number of aromatic nitrogens is 2. The van der Waals surface area contributed by atoms with Gasteiger partial charge in [0.2, 0.25) is 0 Å². The van der Waals surface area contributed by atoms with Crippen molar-refractivity contribution in [1.29, 1.82) is 0 Å². The van der Waals surface area contributed by atoms with E-state index < -0.39 is 46.0 Å². The number of nitrogens with zero attached hydrogens (tertiary/aromatic N) is 1. The summed E-state index contributed by atoms with van der Waals surface area (Å²) in [6, 6.07) is 7.91. The molecule has 1 aromatic heterocycles. The number of aromatic amines is 1. The van der Waals surface area contributed by atoms with Crippen molar-refractivity contribution < 1.29 is 26.2 Å². The summed E-state index contributed by atoms with van der Waals surface area (Å²) >= 11 is 0. The quantitative estimate of drug-likeness (QED) is 0.724. The van der Waals surface area contributed by atoms with Gasteiger partial charge in [-0.3, -0.25) is 14.1 Å². The molecule has 2 aromatic rings. The summed E-state index contributed by atoms with van der Waals surface area (Å²) in [5.41, 5.74) is -0.519. The third-order valence-corrected chi connectivity index (χ3v) is 5.11. The fraction of sp³-hybridized carbons (Fsp3) is 0.375. The van der Waals surface area contributed by atoms with Gasteiger partial charge in [0.15, 0.2) is 5.69 Å². The zero-order chi connectivity index (χ0) is 19.7. The van der Waals surface area contributed by atoms with Crippen molar-refractivity contribution in [3.05, 3.63) is 52.8 Å². The van der Waals surface area contributed by atoms with E-state index in [-0.39, 0.29) is 18.7 Å². The number of alkyl halides is 2. The van der Waals surface area contributed by atoms with E-state index in [9.17, 15) is 22.0 Å². The molecule has 1 atom stereocenters. The average Bonchev–Trinajstić information content (AvgIpc) is 3.09. The van der Waals surface area contributed by atoms with Crippen LogP contribution in [0.2, 0.25) is 0 Å². The van der Waals surface area contributed by atoms with Gasteiger partial charge in [-0.25, -0.2) is 0 Å². The molecule has 11 heteroatoms. The standard InChI is InChI=1S/C16H18F2N4O4S/c1-2-11-13-12(16(17,18)9-26-27(24,25)22-11)14(21-20-13)15(23)19-8-10-6-4-3-5-7-10/h3-7,11,22H,2,8-9H2,1H3,(H,19,23)(H,20,21). The molecule has 0 saturated heterocycles. The molecule has 0 fully saturated rings. The largest absolute Gasteiger partial charge is 0.347 e. The Hall–Kier alpha value is -2.37. The van der Waals surface area contributed by atoms with Gasteiger partial charge in [0.05, 0.1) is 17.3 Å². The van der Waals surface area contributed by atoms with Gasteiger partial charge in [-0.15, -0.1) is 0 Å². The van der Waals surface area contributed by atoms with Crippen LogP contribution < -0.4 is 10.0 Å². The molecule has 3 rings (SSSR count). The molecule has 0 spiro atoms. The second-order valence-corrected chi connectivity index (χ2v) is 7.41. The third kappa shape index (κ3) is 4.15. The SMILES string of the molecule is CCC1NS(=O)(=O)OCC(F)(F)c2c(C(=O)NCc3ccccc3)n[nH]c21. The van der Waals surface area contributed by atoms with Crippen molar-refractivity contribution in [2.75, 3.05) is 6.61 Å². The minimum atomic E-state index is -4.35. The van der Waals surface area contributed by atoms with Crippen LogP contribution in [0.5, 0.6) is 0 Å². The molecule has 1 aliphatic heterocycles. The first-order valence-electron chi connectivity index (χ1n) is 8.19. The lowest BCUT2D eigenvalue weighted by Gasteiger charge is -2.25. The van der Waals surface area contributed by atoms with Gasteiger partial charge in [-0.05, 0) is 12.0 Å². The number of rotatable bonds is 4. The summed E-state index contributed by atoms with van der Waals surface area (Å²) in [5, 5.41) is 8.66. The number of hydrogen-bond acceptors (Lipinski definition) is 5. The van der Waals surface area contributed by atoms with E-state index in [0.29, 0.717) is 0 Å². The molecule has 27 heavy (non-hydrogen) atoms. The molecule has 0 saturated carbocycles. The highest BCUT2D eigenvalue weighted by molar-refractivity contribution is 7.84. The summed E-state index contributed by atoms with van der Waals surface area (Å²) < 4.78 is 59.2. The number of halogens is 2. The molecular weight excluding hydrogens is 382 g/mol. The first-order valence-corrected chi connectivity index (χ1v) is 9.59. The second kappa shape index (κ2) is 7.33. The first-order chi connectivity index (χ1) is 12.7. The Labute approximate surface area is 154 Å². The number of fused-ring (bicyclic) bond motifs is 1. The number of amides is 1. The van der Waals surface area contributed by atoms with E-state index in [0.717, 1.165) is 5.56 Å². The van der Waals surface area contributed by atoms with Gasteiger partial charge < -0.3 is 5.32 Å². The molecule has 3 N–H and O–H groups in total. The van der Waals surface area contributed by atoms with Crippen LogP contribution in [0.4, 0.5) is 8.78 Å². The topological polar surface area (TPSA) is 113 Å². The van der Waals surface area contributed by atoms with Gasteiger partial charge in [0, 0.05) is 6.54 Å². The minimum absolute atomic E-state index is 0.132. The molecule has 0 aliphatic carbocycles. The molecule has 8 nitrogen and oxygen atoms in total. The molecule has 2 heterocycles. The Bertz CT molecular complexity index is 931. The Morgan fingerprint density at radius 1 is 1.37 bits per heavy atom. The molecule has 0 radical (unpaired) electrons. The van der Waals surface area contributed by atoms with Gasteiger partial charge in [-0.1, -0.05) is 37.3 Å². The monoisotopic (exact) mass is 400 g/mol. The zero-order valence-corrected chi connectivity index (χ0v) is 15.1. The normalized spacial score (nSPS) is 20.9. The summed E-state index contributed by atoms with van der Waals surface area (Å²) in [6.45, 7) is 0.310. The van der Waals surface area contributed by atoms with Crippen molar-refractivity contribution in [2.24, 2.45) is 0 Å². The highest BCUT2D eigenvalue weighted by Crippen LogP contribution is 2.38. The van der Waals surface area contributed by atoms with Crippen molar-refractivity contribution in [1.82, 2.24) is 20.2 Å². The number of carbonyl (C=O) groups is 1. The van der Waals surface area contributed by atoms with E-state index in [1.165, 1.54) is 0 Å². The zero-order valence-electron chi connectivity index (χ0n) is 14.3. The molecule has 1 aromatic carbocycles. The molecule has 146 valence electrons. The van der Waals surface area contributed by atoms with Crippen LogP contribution in [-0.2, 0) is 27.0 Å². The molecule has 1 amide bonds. The minimum Gasteiger partial charge on any atom is -0.347 e. The Balaban J connectivity index is 1.94. The Morgan fingerprint density at radius 2 is 2.07 bits per heavy atom. The van der Waals surface area contributed by atoms with Crippen molar-refractivity contribution in [2.45, 2.75) is 31.9 Å². The van der Waals surface area contributed by atoms with Crippen molar-refractivity contribution in [3.63, 3.8) is 0 Å². The summed E-state index contributed by atoms with van der Waals surface area (Å²) in [6.07, 6.45) is 0.152. The molecular formula is C16H18F2N4O4S. The summed E-state index contributed by atoms with van der Waals surface area (Å²) in [4.78, 5) is 12.5. The van der Waals surface area contributed by atoms with Crippen LogP contribution in [0.3, 0.4) is 0 Å². The van der Waals surface area contributed by atoms with Crippen LogP contribution in [0.15, 0.2) is 30.3 Å². The number of benzene rings is 1. The van der Waals surface area contributed by atoms with Crippen LogP contribution in [0.1, 0.15) is 46.7 Å². The van der Waals surface area contributed by atoms with Gasteiger partial charge in [0.1, 0.15) is 6.61 Å². The maximum absolute atomic E-state index is 14.7. The fourth-order valence-electron chi connectivity index (χ4n) is 2.78. The lowest BCUT2D eigenvalue weighted by atomic mass is 10.00. The number of H-pyrrole nitrogens is 1. The van der Waals surface area contributed by atoms with Crippen molar-refractivity contribution in [3.8, 4) is 0 Å². The van der Waals surface area contributed by atoms with E-state index in [2.05, 4.69) is 24.4 Å². The van der Waals surface area contributed by atoms with Crippen LogP contribution in [0.25, 0.3) is 0 Å². The molecule has 1 unspecified atom stereocenters. The maximum Gasteiger partial charge on any atom is 0.336 e. The van der Waals surface area contributed by atoms with E-state index in [1.807, 2.05) is 6.07 Å². The predicted molar refractivity (Wildman–Crippen MR) is 91.1 cm³/mol. The van der Waals surface area contributed by atoms with E-state index in [1.54, 1.807) is 31.2 Å². The van der Waals surface area contributed by atoms with Crippen molar-refractivity contribution >= 4 is 16.2 Å². The van der Waals surface area contributed by atoms with Crippen LogP contribution >= 0.6 is 0 Å². The predicted octanol–water partition coefficient (Wildman–Crippen LogP) is 1.75. The number of carbonyl (C=O) groups excluding carboxylic acids is 1. The lowest BCUT2D eigenvalue weighted by Crippen LogP contribution is -2.39. The average molecular weight is 400 g/mol. The lowest BCUT2D eigenvalue weighted by molar-refractivity contribution is -0.0486. The van der Waals surface area contributed by atoms with E-state index >= 15 is 0 Å². The number of hydrogen-bond donors (Lipinski definition) is 3. The maximum atomic E-state index is 14.7. The molecule has 0 bridgehead atoms. The van der Waals surface area contributed by atoms with Crippen LogP contribution in [-0.4, -0.2) is 31.1 Å². The van der Waals surface area contributed by atoms with Crippen LogP contribution in [0, 0.1) is 0 Å². The fourth-order valence-corrected chi connectivity index (χ4v) is 3.79. The molecule has 1 aliphatic rings. The van der Waals surface area contributed by atoms with Gasteiger partial charge in [0.25, 0.3) is 5.91 Å². The first kappa shape index (κ1) is 19.4. The Kier molecular flexibility index (Phi) is 5.27. The Morgan fingerprint density at radius 3 is 2.74 bits per heavy atom. The summed E-state index contributed by atoms with van der Waals surface area (Å²) in [5.74, 6) is -4.51. The van der Waals surface area contributed by atoms with E-state index in [4.69, 9.17) is 0 Å². The van der Waals surface area contributed by atoms with Gasteiger partial charge in [-0.2, -0.15) is 27.0 Å². The smallest absolute Gasteiger partial charge is 0.336 e. The highest BCUT2D eigenvalue weighted by Gasteiger charge is 2.45. The number of nitrogens with one attached hydrogen (secondary N) is 3. The summed E-state index contributed by atoms with van der Waals surface area (Å²) in [7, 11) is -4.35. The van der Waals surface area contributed by atoms with Gasteiger partial charge >= 0.3 is 16.2 Å². The highest BCUT2D eigenvalue weighted by atomic mass is 32.2. The third-order valence-electron chi connectivity index (χ3n) is 4.11.